The standard InChI is InChI=1S/C12H13BrClN3O2S/c1-7-2-10(13)12(4-11(7)14)17-20(18,19)9-3-8(5-15)16-6-9/h2-4,6,16-17H,5,15H2,1H3. The van der Waals surface area contributed by atoms with Crippen molar-refractivity contribution in [3.8, 4) is 0 Å². The van der Waals surface area contributed by atoms with Crippen LogP contribution in [-0.2, 0) is 16.6 Å². The van der Waals surface area contributed by atoms with Crippen molar-refractivity contribution >= 4 is 43.2 Å². The second kappa shape index (κ2) is 5.77. The van der Waals surface area contributed by atoms with Crippen LogP contribution >= 0.6 is 27.5 Å². The summed E-state index contributed by atoms with van der Waals surface area (Å²) >= 11 is 9.32. The minimum absolute atomic E-state index is 0.126. The molecular formula is C12H13BrClN3O2S. The number of nitrogens with one attached hydrogen (secondary N) is 2. The molecule has 1 heterocycles. The van der Waals surface area contributed by atoms with Crippen LogP contribution in [0.5, 0.6) is 0 Å². The summed E-state index contributed by atoms with van der Waals surface area (Å²) in [5.41, 5.74) is 7.33. The zero-order valence-electron chi connectivity index (χ0n) is 10.6. The number of aromatic amines is 1. The monoisotopic (exact) mass is 377 g/mol. The molecule has 2 aromatic rings. The van der Waals surface area contributed by atoms with Crippen LogP contribution in [0.15, 0.2) is 33.8 Å². The van der Waals surface area contributed by atoms with Crippen LogP contribution in [0.2, 0.25) is 5.02 Å². The Morgan fingerprint density at radius 2 is 2.10 bits per heavy atom. The molecule has 0 saturated heterocycles. The molecule has 0 atom stereocenters. The number of rotatable bonds is 4. The van der Waals surface area contributed by atoms with Crippen molar-refractivity contribution in [2.75, 3.05) is 4.72 Å². The molecule has 0 aliphatic carbocycles. The maximum atomic E-state index is 12.2. The number of nitrogens with two attached hydrogens (primary N) is 1. The molecule has 0 spiro atoms. The highest BCUT2D eigenvalue weighted by molar-refractivity contribution is 9.10. The lowest BCUT2D eigenvalue weighted by molar-refractivity contribution is 0.601. The van der Waals surface area contributed by atoms with E-state index >= 15 is 0 Å². The number of hydrogen-bond donors (Lipinski definition) is 3. The summed E-state index contributed by atoms with van der Waals surface area (Å²) in [6.45, 7) is 2.08. The van der Waals surface area contributed by atoms with Crippen molar-refractivity contribution in [1.82, 2.24) is 4.98 Å². The average molecular weight is 379 g/mol. The van der Waals surface area contributed by atoms with Gasteiger partial charge in [0.05, 0.1) is 5.69 Å². The quantitative estimate of drug-likeness (QED) is 0.764. The number of aromatic nitrogens is 1. The highest BCUT2D eigenvalue weighted by Gasteiger charge is 2.18. The van der Waals surface area contributed by atoms with Gasteiger partial charge in [0.15, 0.2) is 0 Å². The first-order chi connectivity index (χ1) is 9.33. The van der Waals surface area contributed by atoms with E-state index in [2.05, 4.69) is 25.6 Å². The summed E-state index contributed by atoms with van der Waals surface area (Å²) in [6, 6.07) is 4.81. The van der Waals surface area contributed by atoms with Gasteiger partial charge in [0.25, 0.3) is 10.0 Å². The van der Waals surface area contributed by atoms with Crippen molar-refractivity contribution in [1.29, 1.82) is 0 Å². The number of hydrogen-bond acceptors (Lipinski definition) is 3. The summed E-state index contributed by atoms with van der Waals surface area (Å²) in [5.74, 6) is 0. The molecule has 4 N–H and O–H groups in total. The van der Waals surface area contributed by atoms with Crippen molar-refractivity contribution < 1.29 is 8.42 Å². The molecule has 0 unspecified atom stereocenters. The maximum absolute atomic E-state index is 12.2. The highest BCUT2D eigenvalue weighted by Crippen LogP contribution is 2.30. The minimum atomic E-state index is -3.68. The van der Waals surface area contributed by atoms with Crippen LogP contribution in [-0.4, -0.2) is 13.4 Å². The SMILES string of the molecule is Cc1cc(Br)c(NS(=O)(=O)c2c[nH]c(CN)c2)cc1Cl. The lowest BCUT2D eigenvalue weighted by atomic mass is 10.2. The van der Waals surface area contributed by atoms with Gasteiger partial charge in [-0.2, -0.15) is 0 Å². The van der Waals surface area contributed by atoms with E-state index in [1.54, 1.807) is 12.1 Å². The van der Waals surface area contributed by atoms with Crippen LogP contribution in [0.3, 0.4) is 0 Å². The third-order valence-electron chi connectivity index (χ3n) is 2.74. The first-order valence-electron chi connectivity index (χ1n) is 5.69. The lowest BCUT2D eigenvalue weighted by Gasteiger charge is -2.10. The summed E-state index contributed by atoms with van der Waals surface area (Å²) in [6.07, 6.45) is 1.40. The van der Waals surface area contributed by atoms with E-state index in [0.29, 0.717) is 20.9 Å². The van der Waals surface area contributed by atoms with Gasteiger partial charge in [0.1, 0.15) is 4.90 Å². The summed E-state index contributed by atoms with van der Waals surface area (Å²) < 4.78 is 27.6. The fourth-order valence-electron chi connectivity index (χ4n) is 1.62. The average Bonchev–Trinajstić information content (AvgIpc) is 2.85. The van der Waals surface area contributed by atoms with Gasteiger partial charge in [0.2, 0.25) is 0 Å². The molecule has 2 rings (SSSR count). The maximum Gasteiger partial charge on any atom is 0.263 e. The molecule has 0 bridgehead atoms. The number of sulfonamides is 1. The van der Waals surface area contributed by atoms with E-state index in [1.807, 2.05) is 6.92 Å². The molecular weight excluding hydrogens is 366 g/mol. The van der Waals surface area contributed by atoms with Crippen molar-refractivity contribution in [2.45, 2.75) is 18.4 Å². The van der Waals surface area contributed by atoms with Crippen LogP contribution in [0.25, 0.3) is 0 Å². The second-order valence-corrected chi connectivity index (χ2v) is 7.20. The van der Waals surface area contributed by atoms with Gasteiger partial charge in [0, 0.05) is 27.9 Å². The molecule has 0 radical (unpaired) electrons. The molecule has 0 fully saturated rings. The van der Waals surface area contributed by atoms with Crippen LogP contribution in [0, 0.1) is 6.92 Å². The van der Waals surface area contributed by atoms with E-state index < -0.39 is 10.0 Å². The molecule has 8 heteroatoms. The van der Waals surface area contributed by atoms with Crippen molar-refractivity contribution in [3.05, 3.63) is 45.1 Å². The first kappa shape index (κ1) is 15.4. The van der Waals surface area contributed by atoms with Crippen LogP contribution in [0.4, 0.5) is 5.69 Å². The minimum Gasteiger partial charge on any atom is -0.363 e. The third-order valence-corrected chi connectivity index (χ3v) is 5.15. The van der Waals surface area contributed by atoms with Gasteiger partial charge in [-0.3, -0.25) is 4.72 Å². The molecule has 0 aliphatic rings. The Kier molecular flexibility index (Phi) is 4.43. The van der Waals surface area contributed by atoms with E-state index in [0.717, 1.165) is 5.56 Å². The zero-order chi connectivity index (χ0) is 14.9. The number of H-pyrrole nitrogens is 1. The fraction of sp³-hybridized carbons (Fsp3) is 0.167. The predicted molar refractivity (Wildman–Crippen MR) is 83.4 cm³/mol. The second-order valence-electron chi connectivity index (χ2n) is 4.25. The summed E-state index contributed by atoms with van der Waals surface area (Å²) in [5, 5.41) is 0.489. The Morgan fingerprint density at radius 3 is 2.70 bits per heavy atom. The molecule has 1 aromatic carbocycles. The van der Waals surface area contributed by atoms with E-state index in [-0.39, 0.29) is 11.4 Å². The normalized spacial score (nSPS) is 11.6. The smallest absolute Gasteiger partial charge is 0.263 e. The van der Waals surface area contributed by atoms with Crippen LogP contribution < -0.4 is 10.5 Å². The topological polar surface area (TPSA) is 88.0 Å². The zero-order valence-corrected chi connectivity index (χ0v) is 13.7. The molecule has 0 amide bonds. The Labute approximate surface area is 130 Å². The molecule has 108 valence electrons. The highest BCUT2D eigenvalue weighted by atomic mass is 79.9. The molecule has 0 saturated carbocycles. The number of benzene rings is 1. The van der Waals surface area contributed by atoms with Gasteiger partial charge < -0.3 is 10.7 Å². The van der Waals surface area contributed by atoms with Gasteiger partial charge in [-0.25, -0.2) is 8.42 Å². The molecule has 20 heavy (non-hydrogen) atoms. The lowest BCUT2D eigenvalue weighted by Crippen LogP contribution is -2.12. The summed E-state index contributed by atoms with van der Waals surface area (Å²) in [7, 11) is -3.68. The van der Waals surface area contributed by atoms with Gasteiger partial charge in [-0.1, -0.05) is 11.6 Å². The van der Waals surface area contributed by atoms with Crippen molar-refractivity contribution in [2.24, 2.45) is 5.73 Å². The Hall–Kier alpha value is -1.02. The van der Waals surface area contributed by atoms with E-state index in [4.69, 9.17) is 17.3 Å². The van der Waals surface area contributed by atoms with Gasteiger partial charge >= 0.3 is 0 Å². The summed E-state index contributed by atoms with van der Waals surface area (Å²) in [4.78, 5) is 2.93. The van der Waals surface area contributed by atoms with E-state index in [1.165, 1.54) is 12.3 Å². The Bertz CT molecular complexity index is 743. The number of anilines is 1. The van der Waals surface area contributed by atoms with Crippen LogP contribution in [0.1, 0.15) is 11.3 Å². The van der Waals surface area contributed by atoms with E-state index in [9.17, 15) is 8.42 Å². The molecule has 5 nitrogen and oxygen atoms in total. The first-order valence-corrected chi connectivity index (χ1v) is 8.34. The molecule has 1 aromatic heterocycles. The van der Waals surface area contributed by atoms with Gasteiger partial charge in [-0.05, 0) is 46.6 Å². The number of aryl methyl sites for hydroxylation is 1. The van der Waals surface area contributed by atoms with Gasteiger partial charge in [-0.15, -0.1) is 0 Å². The Morgan fingerprint density at radius 1 is 1.40 bits per heavy atom. The predicted octanol–water partition coefficient (Wildman–Crippen LogP) is 3.00. The molecule has 0 aliphatic heterocycles. The largest absolute Gasteiger partial charge is 0.363 e. The fourth-order valence-corrected chi connectivity index (χ4v) is 3.56. The third kappa shape index (κ3) is 3.17. The number of halogens is 2. The Balaban J connectivity index is 2.35. The van der Waals surface area contributed by atoms with Crippen molar-refractivity contribution in [3.63, 3.8) is 0 Å².